The van der Waals surface area contributed by atoms with Gasteiger partial charge in [0.2, 0.25) is 17.6 Å². The highest BCUT2D eigenvalue weighted by atomic mass is 19.4. The molecular formula is C34H40F3N5O5. The van der Waals surface area contributed by atoms with Gasteiger partial charge in [-0.25, -0.2) is 4.79 Å². The summed E-state index contributed by atoms with van der Waals surface area (Å²) in [5.74, 6) is 0.757. The van der Waals surface area contributed by atoms with Gasteiger partial charge in [0.05, 0.1) is 5.41 Å². The van der Waals surface area contributed by atoms with E-state index in [1.54, 1.807) is 44.9 Å². The lowest BCUT2D eigenvalue weighted by Crippen LogP contribution is -2.66. The number of rotatable bonds is 6. The summed E-state index contributed by atoms with van der Waals surface area (Å²) in [4.78, 5) is 36.9. The van der Waals surface area contributed by atoms with E-state index >= 15 is 0 Å². The molecule has 10 nitrogen and oxygen atoms in total. The molecule has 1 N–H and O–H groups in total. The highest BCUT2D eigenvalue weighted by Crippen LogP contribution is 2.59. The van der Waals surface area contributed by atoms with Gasteiger partial charge in [0.15, 0.2) is 0 Å². The van der Waals surface area contributed by atoms with Gasteiger partial charge in [-0.2, -0.15) is 18.2 Å². The van der Waals surface area contributed by atoms with Crippen molar-refractivity contribution in [2.75, 3.05) is 26.2 Å². The number of carbonyl (C=O) groups excluding carboxylic acids is 2. The number of pyridine rings is 1. The van der Waals surface area contributed by atoms with Crippen molar-refractivity contribution in [2.45, 2.75) is 89.0 Å². The molecule has 47 heavy (non-hydrogen) atoms. The largest absolute Gasteiger partial charge is 0.444 e. The average molecular weight is 656 g/mol. The number of nitrogens with zero attached hydrogens (tertiary/aromatic N) is 5. The van der Waals surface area contributed by atoms with Crippen LogP contribution in [-0.4, -0.2) is 80.0 Å². The number of aliphatic hydroxyl groups is 1. The third-order valence-electron chi connectivity index (χ3n) is 9.90. The molecule has 3 fully saturated rings. The first-order chi connectivity index (χ1) is 22.0. The zero-order valence-corrected chi connectivity index (χ0v) is 27.2. The van der Waals surface area contributed by atoms with E-state index in [1.165, 1.54) is 35.4 Å². The Labute approximate surface area is 271 Å². The highest BCUT2D eigenvalue weighted by molar-refractivity contribution is 5.73. The van der Waals surface area contributed by atoms with E-state index < -0.39 is 34.3 Å². The van der Waals surface area contributed by atoms with Crippen molar-refractivity contribution in [1.82, 2.24) is 24.9 Å². The molecule has 0 bridgehead atoms. The van der Waals surface area contributed by atoms with Crippen LogP contribution in [0.2, 0.25) is 0 Å². The van der Waals surface area contributed by atoms with Gasteiger partial charge in [-0.1, -0.05) is 36.3 Å². The summed E-state index contributed by atoms with van der Waals surface area (Å²) in [5.41, 5.74) is -3.92. The van der Waals surface area contributed by atoms with E-state index in [2.05, 4.69) is 15.1 Å². The van der Waals surface area contributed by atoms with E-state index in [9.17, 15) is 27.9 Å². The van der Waals surface area contributed by atoms with Gasteiger partial charge >= 0.3 is 12.3 Å². The number of likely N-dealkylation sites (tertiary alicyclic amines) is 2. The Kier molecular flexibility index (Phi) is 7.92. The van der Waals surface area contributed by atoms with Crippen molar-refractivity contribution < 1.29 is 37.1 Å². The van der Waals surface area contributed by atoms with Crippen molar-refractivity contribution in [3.05, 3.63) is 65.3 Å². The van der Waals surface area contributed by atoms with Crippen LogP contribution >= 0.6 is 0 Å². The Morgan fingerprint density at radius 2 is 1.64 bits per heavy atom. The molecule has 6 rings (SSSR count). The van der Waals surface area contributed by atoms with Crippen LogP contribution < -0.4 is 0 Å². The molecule has 3 aliphatic rings. The van der Waals surface area contributed by atoms with E-state index in [0.717, 1.165) is 0 Å². The molecule has 2 aliphatic heterocycles. The molecule has 13 heteroatoms. The van der Waals surface area contributed by atoms with Gasteiger partial charge < -0.3 is 24.2 Å². The van der Waals surface area contributed by atoms with Crippen molar-refractivity contribution in [3.8, 4) is 11.4 Å². The van der Waals surface area contributed by atoms with Crippen LogP contribution in [0.3, 0.4) is 0 Å². The van der Waals surface area contributed by atoms with Crippen molar-refractivity contribution in [3.63, 3.8) is 0 Å². The number of ether oxygens (including phenoxy) is 1. The maximum Gasteiger partial charge on any atom is 0.410 e. The maximum atomic E-state index is 13.9. The van der Waals surface area contributed by atoms with Gasteiger partial charge in [-0.05, 0) is 63.6 Å². The quantitative estimate of drug-likeness (QED) is 0.346. The van der Waals surface area contributed by atoms with Gasteiger partial charge in [0.25, 0.3) is 0 Å². The molecule has 0 spiro atoms. The predicted molar refractivity (Wildman–Crippen MR) is 164 cm³/mol. The zero-order chi connectivity index (χ0) is 34.0. The molecule has 1 aliphatic carbocycles. The number of piperidine rings is 1. The number of hydrogen-bond donors (Lipinski definition) is 1. The minimum Gasteiger partial charge on any atom is -0.444 e. The molecule has 0 unspecified atom stereocenters. The molecule has 252 valence electrons. The number of hydrogen-bond acceptors (Lipinski definition) is 8. The fraction of sp³-hybridized carbons (Fsp3) is 0.559. The summed E-state index contributed by atoms with van der Waals surface area (Å²) in [6.07, 6.45) is -0.395. The summed E-state index contributed by atoms with van der Waals surface area (Å²) in [5, 5.41) is 16.9. The Bertz CT molecular complexity index is 1650. The second-order valence-corrected chi connectivity index (χ2v) is 14.5. The third-order valence-corrected chi connectivity index (χ3v) is 9.90. The minimum atomic E-state index is -4.37. The van der Waals surface area contributed by atoms with Crippen molar-refractivity contribution >= 4 is 12.0 Å². The fourth-order valence-electron chi connectivity index (χ4n) is 6.96. The van der Waals surface area contributed by atoms with Crippen molar-refractivity contribution in [1.29, 1.82) is 0 Å². The summed E-state index contributed by atoms with van der Waals surface area (Å²) < 4.78 is 52.9. The average Bonchev–Trinajstić information content (AvgIpc) is 3.69. The first kappa shape index (κ1) is 32.9. The molecule has 1 atom stereocenters. The lowest BCUT2D eigenvalue weighted by Gasteiger charge is -2.56. The van der Waals surface area contributed by atoms with Crippen LogP contribution in [0.1, 0.15) is 88.8 Å². The molecule has 1 aromatic carbocycles. The molecule has 1 saturated carbocycles. The Morgan fingerprint density at radius 1 is 1.00 bits per heavy atom. The Hall–Kier alpha value is -4.00. The van der Waals surface area contributed by atoms with E-state index in [0.29, 0.717) is 48.5 Å². The normalized spacial score (nSPS) is 20.7. The van der Waals surface area contributed by atoms with E-state index in [1.807, 2.05) is 6.92 Å². The summed E-state index contributed by atoms with van der Waals surface area (Å²) in [7, 11) is 0. The Morgan fingerprint density at radius 3 is 2.19 bits per heavy atom. The maximum absolute atomic E-state index is 13.9. The van der Waals surface area contributed by atoms with E-state index in [4.69, 9.17) is 9.26 Å². The van der Waals surface area contributed by atoms with Gasteiger partial charge in [0.1, 0.15) is 11.2 Å². The lowest BCUT2D eigenvalue weighted by molar-refractivity contribution is -0.160. The first-order valence-corrected chi connectivity index (χ1v) is 15.9. The SMILES string of the molecule is CC(=O)N1CCC(c2nc(-c3cncc([C@@](O)(c4ccc(C5(C(F)(F)F)CC5)cc4)C4(C)CN(C(=O)OC(C)(C)C)C4)c3)no2)CC1. The number of alkyl halides is 3. The molecule has 4 heterocycles. The standard InChI is InChI=1S/C34H40F3N5O5/c1-21(43)41-14-10-22(11-15-41)28-39-27(40-47-28)23-16-26(18-38-17-23)33(45,31(5)19-42(20-31)29(44)46-30(2,3)4)25-8-6-24(7-9-25)32(12-13-32)34(35,36)37/h6-9,16-18,22,45H,10-15,19-20H2,1-5H3/t33-/m0/s1. The monoisotopic (exact) mass is 655 g/mol. The van der Waals surface area contributed by atoms with Crippen LogP contribution in [0, 0.1) is 5.41 Å². The molecular weight excluding hydrogens is 615 g/mol. The molecule has 3 aromatic rings. The van der Waals surface area contributed by atoms with Crippen LogP contribution in [-0.2, 0) is 20.5 Å². The van der Waals surface area contributed by atoms with Crippen LogP contribution in [0.5, 0.6) is 0 Å². The van der Waals surface area contributed by atoms with Gasteiger partial charge in [-0.3, -0.25) is 9.78 Å². The summed E-state index contributed by atoms with van der Waals surface area (Å²) in [6.45, 7) is 10.1. The third kappa shape index (κ3) is 5.87. The summed E-state index contributed by atoms with van der Waals surface area (Å²) in [6, 6.07) is 7.65. The predicted octanol–water partition coefficient (Wildman–Crippen LogP) is 5.94. The fourth-order valence-corrected chi connectivity index (χ4v) is 6.96. The minimum absolute atomic E-state index is 0.00220. The van der Waals surface area contributed by atoms with E-state index in [-0.39, 0.29) is 49.1 Å². The van der Waals surface area contributed by atoms with Crippen LogP contribution in [0.4, 0.5) is 18.0 Å². The smallest absolute Gasteiger partial charge is 0.410 e. The second kappa shape index (κ2) is 11.3. The number of amides is 2. The molecule has 0 radical (unpaired) electrons. The first-order valence-electron chi connectivity index (χ1n) is 15.9. The highest BCUT2D eigenvalue weighted by Gasteiger charge is 2.64. The molecule has 2 amide bonds. The number of halogens is 3. The molecule has 2 aromatic heterocycles. The van der Waals surface area contributed by atoms with Gasteiger partial charge in [-0.15, -0.1) is 0 Å². The number of benzene rings is 1. The van der Waals surface area contributed by atoms with Crippen LogP contribution in [0.25, 0.3) is 11.4 Å². The van der Waals surface area contributed by atoms with Gasteiger partial charge in [0, 0.05) is 68.0 Å². The van der Waals surface area contributed by atoms with Crippen LogP contribution in [0.15, 0.2) is 47.2 Å². The second-order valence-electron chi connectivity index (χ2n) is 14.5. The topological polar surface area (TPSA) is 122 Å². The Balaban J connectivity index is 1.32. The number of aromatic nitrogens is 3. The number of carbonyl (C=O) groups is 2. The summed E-state index contributed by atoms with van der Waals surface area (Å²) >= 11 is 0. The molecule has 2 saturated heterocycles. The lowest BCUT2D eigenvalue weighted by atomic mass is 9.62. The van der Waals surface area contributed by atoms with Crippen molar-refractivity contribution in [2.24, 2.45) is 5.41 Å². The zero-order valence-electron chi connectivity index (χ0n) is 27.2.